The fourth-order valence-corrected chi connectivity index (χ4v) is 3.58. The molecule has 0 radical (unpaired) electrons. The summed E-state index contributed by atoms with van der Waals surface area (Å²) in [5, 5.41) is 1.92. The van der Waals surface area contributed by atoms with Crippen LogP contribution in [0.2, 0.25) is 0 Å². The van der Waals surface area contributed by atoms with E-state index < -0.39 is 23.1 Å². The van der Waals surface area contributed by atoms with Crippen molar-refractivity contribution >= 4 is 15.1 Å². The van der Waals surface area contributed by atoms with Gasteiger partial charge in [-0.05, 0) is 56.9 Å². The summed E-state index contributed by atoms with van der Waals surface area (Å²) in [5.41, 5.74) is -0.0932. The largest absolute Gasteiger partial charge is 0.481 e. The smallest absolute Gasteiger partial charge is 0.421 e. The Morgan fingerprint density at radius 2 is 1.80 bits per heavy atom. The Hall–Kier alpha value is -1.10. The lowest BCUT2D eigenvalue weighted by Crippen LogP contribution is -2.31. The highest BCUT2D eigenvalue weighted by molar-refractivity contribution is 7.18. The Kier molecular flexibility index (Phi) is 12.9. The number of nitrogens with zero attached hydrogens (tertiary/aromatic N) is 1. The fourth-order valence-electron chi connectivity index (χ4n) is 3.21. The van der Waals surface area contributed by atoms with Crippen LogP contribution in [0.25, 0.3) is 0 Å². The summed E-state index contributed by atoms with van der Waals surface area (Å²) >= 11 is 0. The Balaban J connectivity index is 5.72. The summed E-state index contributed by atoms with van der Waals surface area (Å²) in [6.45, 7) is 11.5. The van der Waals surface area contributed by atoms with Gasteiger partial charge in [-0.15, -0.1) is 0 Å². The van der Waals surface area contributed by atoms with E-state index in [1.807, 2.05) is 27.7 Å². The molecule has 0 aromatic heterocycles. The number of rotatable bonds is 12. The molecule has 4 unspecified atom stereocenters. The van der Waals surface area contributed by atoms with Gasteiger partial charge in [0.05, 0.1) is 7.11 Å². The maximum absolute atomic E-state index is 14.5. The van der Waals surface area contributed by atoms with Gasteiger partial charge in [-0.2, -0.15) is 18.2 Å². The van der Waals surface area contributed by atoms with Gasteiger partial charge >= 0.3 is 6.18 Å². The Morgan fingerprint density at radius 3 is 2.20 bits per heavy atom. The van der Waals surface area contributed by atoms with Gasteiger partial charge in [0.25, 0.3) is 0 Å². The third kappa shape index (κ3) is 9.80. The van der Waals surface area contributed by atoms with Crippen LogP contribution in [0.3, 0.4) is 0 Å². The van der Waals surface area contributed by atoms with Crippen molar-refractivity contribution in [2.24, 2.45) is 16.8 Å². The van der Waals surface area contributed by atoms with E-state index in [4.69, 9.17) is 4.74 Å². The molecule has 0 aliphatic rings. The van der Waals surface area contributed by atoms with E-state index >= 15 is 0 Å². The number of nitrogens with one attached hydrogen (secondary N) is 1. The normalized spacial score (nSPS) is 18.4. The molecule has 0 heterocycles. The second-order valence-electron chi connectivity index (χ2n) is 7.80. The first kappa shape index (κ1) is 28.9. The first-order valence-electron chi connectivity index (χ1n) is 10.6. The predicted molar refractivity (Wildman–Crippen MR) is 121 cm³/mol. The molecule has 0 saturated heterocycles. The van der Waals surface area contributed by atoms with Crippen molar-refractivity contribution in [1.29, 1.82) is 0 Å². The van der Waals surface area contributed by atoms with Gasteiger partial charge in [-0.1, -0.05) is 49.4 Å². The summed E-state index contributed by atoms with van der Waals surface area (Å²) in [4.78, 5) is 4.18. The molecular weight excluding hydrogens is 415 g/mol. The molecule has 0 saturated carbocycles. The molecule has 0 fully saturated rings. The fraction of sp³-hybridized carbons (Fsp3) is 0.773. The second-order valence-corrected chi connectivity index (χ2v) is 8.84. The molecule has 30 heavy (non-hydrogen) atoms. The molecular formula is C22H39F4N2OP. The third-order valence-corrected chi connectivity index (χ3v) is 6.05. The first-order chi connectivity index (χ1) is 13.9. The standard InChI is InChI=1S/C22H39F4N2OP/c1-8-12-17(16(6)13-21(23,30)11-4)14-27-19(15(5)9-2)28-20(29-7)18(10-3)22(24,25)26/h10,16-17,27H,8-9,11-14,30H2,1-7H3/b18-10+,19-15-,28-20-. The molecule has 0 bridgehead atoms. The number of alkyl halides is 4. The van der Waals surface area contributed by atoms with E-state index in [-0.39, 0.29) is 11.8 Å². The molecule has 0 aliphatic heterocycles. The van der Waals surface area contributed by atoms with Crippen molar-refractivity contribution in [3.8, 4) is 0 Å². The SMILES string of the molecule is C\C=C(/C(=N/C(NCC(CCC)C(C)CC(F)(P)CC)=C(/C)CC)OC)C(F)(F)F. The number of aliphatic imine (C=N–C) groups is 1. The van der Waals surface area contributed by atoms with E-state index in [0.29, 0.717) is 31.6 Å². The highest BCUT2D eigenvalue weighted by Gasteiger charge is 2.37. The molecule has 3 nitrogen and oxygen atoms in total. The zero-order valence-electron chi connectivity index (χ0n) is 19.4. The highest BCUT2D eigenvalue weighted by Crippen LogP contribution is 2.35. The third-order valence-electron chi connectivity index (χ3n) is 5.41. The molecule has 0 spiro atoms. The summed E-state index contributed by atoms with van der Waals surface area (Å²) in [6, 6.07) is 0. The number of ether oxygens (including phenoxy) is 1. The number of allylic oxidation sites excluding steroid dienone is 2. The van der Waals surface area contributed by atoms with Crippen molar-refractivity contribution in [3.63, 3.8) is 0 Å². The van der Waals surface area contributed by atoms with E-state index in [1.165, 1.54) is 14.0 Å². The minimum absolute atomic E-state index is 0.107. The van der Waals surface area contributed by atoms with Crippen molar-refractivity contribution in [3.05, 3.63) is 23.0 Å². The molecule has 0 aliphatic carbocycles. The monoisotopic (exact) mass is 454 g/mol. The van der Waals surface area contributed by atoms with E-state index in [1.54, 1.807) is 0 Å². The minimum Gasteiger partial charge on any atom is -0.481 e. The molecule has 8 heteroatoms. The van der Waals surface area contributed by atoms with Crippen LogP contribution in [-0.4, -0.2) is 31.1 Å². The lowest BCUT2D eigenvalue weighted by Gasteiger charge is -2.29. The Bertz CT molecular complexity index is 613. The quantitative estimate of drug-likeness (QED) is 0.147. The summed E-state index contributed by atoms with van der Waals surface area (Å²) in [6.07, 6.45) is -0.321. The predicted octanol–water partition coefficient (Wildman–Crippen LogP) is 7.16. The number of hydrogen-bond donors (Lipinski definition) is 1. The van der Waals surface area contributed by atoms with Crippen LogP contribution < -0.4 is 5.32 Å². The van der Waals surface area contributed by atoms with Crippen molar-refractivity contribution in [2.45, 2.75) is 85.2 Å². The van der Waals surface area contributed by atoms with Crippen molar-refractivity contribution in [1.82, 2.24) is 5.32 Å². The average Bonchev–Trinajstić information content (AvgIpc) is 2.67. The maximum atomic E-state index is 14.5. The van der Waals surface area contributed by atoms with Gasteiger partial charge < -0.3 is 10.1 Å². The van der Waals surface area contributed by atoms with Gasteiger partial charge in [0.15, 0.2) is 0 Å². The lowest BCUT2D eigenvalue weighted by atomic mass is 9.85. The number of hydrogen-bond acceptors (Lipinski definition) is 3. The molecule has 1 N–H and O–H groups in total. The van der Waals surface area contributed by atoms with Gasteiger partial charge in [0, 0.05) is 6.54 Å². The van der Waals surface area contributed by atoms with E-state index in [9.17, 15) is 17.6 Å². The lowest BCUT2D eigenvalue weighted by molar-refractivity contribution is -0.0877. The zero-order chi connectivity index (χ0) is 23.5. The van der Waals surface area contributed by atoms with Crippen molar-refractivity contribution < 1.29 is 22.3 Å². The van der Waals surface area contributed by atoms with Gasteiger partial charge in [-0.25, -0.2) is 4.39 Å². The summed E-state index contributed by atoms with van der Waals surface area (Å²) in [5.74, 6) is 0.176. The highest BCUT2D eigenvalue weighted by atomic mass is 31.0. The Morgan fingerprint density at radius 1 is 1.20 bits per heavy atom. The zero-order valence-corrected chi connectivity index (χ0v) is 20.6. The van der Waals surface area contributed by atoms with Crippen LogP contribution in [0.5, 0.6) is 0 Å². The number of halogens is 4. The van der Waals surface area contributed by atoms with Crippen LogP contribution in [0.4, 0.5) is 17.6 Å². The average molecular weight is 455 g/mol. The summed E-state index contributed by atoms with van der Waals surface area (Å²) in [7, 11) is 3.48. The molecule has 0 aromatic rings. The molecule has 176 valence electrons. The second kappa shape index (κ2) is 13.3. The van der Waals surface area contributed by atoms with Crippen LogP contribution in [0.1, 0.15) is 73.6 Å². The van der Waals surface area contributed by atoms with Gasteiger partial charge in [-0.3, -0.25) is 0 Å². The summed E-state index contributed by atoms with van der Waals surface area (Å²) < 4.78 is 59.4. The Labute approximate surface area is 182 Å². The van der Waals surface area contributed by atoms with Crippen LogP contribution >= 0.6 is 9.24 Å². The van der Waals surface area contributed by atoms with Crippen LogP contribution in [0.15, 0.2) is 28.0 Å². The van der Waals surface area contributed by atoms with Gasteiger partial charge in [0.2, 0.25) is 5.90 Å². The molecule has 0 aromatic carbocycles. The number of methoxy groups -OCH3 is 1. The van der Waals surface area contributed by atoms with Gasteiger partial charge in [0.1, 0.15) is 16.8 Å². The van der Waals surface area contributed by atoms with Crippen molar-refractivity contribution in [2.75, 3.05) is 13.7 Å². The topological polar surface area (TPSA) is 33.6 Å². The van der Waals surface area contributed by atoms with Crippen LogP contribution in [-0.2, 0) is 4.74 Å². The molecule has 4 atom stereocenters. The molecule has 0 rings (SSSR count). The van der Waals surface area contributed by atoms with E-state index in [0.717, 1.165) is 24.5 Å². The van der Waals surface area contributed by atoms with Crippen LogP contribution in [0, 0.1) is 11.8 Å². The minimum atomic E-state index is -4.56. The molecule has 0 amide bonds. The maximum Gasteiger partial charge on any atom is 0.421 e. The first-order valence-corrected chi connectivity index (χ1v) is 11.2. The van der Waals surface area contributed by atoms with E-state index in [2.05, 4.69) is 26.5 Å².